The van der Waals surface area contributed by atoms with Gasteiger partial charge in [0.1, 0.15) is 5.69 Å². The Morgan fingerprint density at radius 2 is 2.14 bits per heavy atom. The van der Waals surface area contributed by atoms with Gasteiger partial charge in [-0.25, -0.2) is 0 Å². The molecule has 1 aliphatic heterocycles. The van der Waals surface area contributed by atoms with E-state index < -0.39 is 0 Å². The van der Waals surface area contributed by atoms with Crippen LogP contribution in [-0.2, 0) is 0 Å². The van der Waals surface area contributed by atoms with Crippen molar-refractivity contribution in [3.63, 3.8) is 0 Å². The van der Waals surface area contributed by atoms with Crippen LogP contribution < -0.4 is 5.32 Å². The second-order valence-electron chi connectivity index (χ2n) is 6.21. The van der Waals surface area contributed by atoms with Crippen LogP contribution in [0.15, 0.2) is 18.3 Å². The van der Waals surface area contributed by atoms with Crippen molar-refractivity contribution in [1.82, 2.24) is 9.88 Å². The van der Waals surface area contributed by atoms with Crippen LogP contribution in [0.3, 0.4) is 0 Å². The lowest BCUT2D eigenvalue weighted by Gasteiger charge is -2.29. The summed E-state index contributed by atoms with van der Waals surface area (Å²) in [5.74, 6) is 0.831. The van der Waals surface area contributed by atoms with E-state index in [1.165, 1.54) is 32.1 Å². The van der Waals surface area contributed by atoms with Gasteiger partial charge in [0.15, 0.2) is 0 Å². The Kier molecular flexibility index (Phi) is 4.42. The van der Waals surface area contributed by atoms with Gasteiger partial charge in [-0.15, -0.1) is 0 Å². The quantitative estimate of drug-likeness (QED) is 0.924. The van der Waals surface area contributed by atoms with E-state index in [4.69, 9.17) is 0 Å². The van der Waals surface area contributed by atoms with Gasteiger partial charge in [-0.3, -0.25) is 9.78 Å². The molecule has 1 saturated heterocycles. The topological polar surface area (TPSA) is 45.2 Å². The Labute approximate surface area is 126 Å². The third-order valence-electron chi connectivity index (χ3n) is 4.86. The van der Waals surface area contributed by atoms with Gasteiger partial charge in [-0.05, 0) is 50.7 Å². The first-order valence-electron chi connectivity index (χ1n) is 8.30. The summed E-state index contributed by atoms with van der Waals surface area (Å²) < 4.78 is 0. The minimum atomic E-state index is 0.115. The molecule has 4 heteroatoms. The zero-order valence-corrected chi connectivity index (χ0v) is 12.8. The summed E-state index contributed by atoms with van der Waals surface area (Å²) in [6.45, 7) is 3.80. The van der Waals surface area contributed by atoms with Crippen molar-refractivity contribution in [3.8, 4) is 0 Å². The molecular formula is C17H25N3O. The van der Waals surface area contributed by atoms with Crippen molar-refractivity contribution in [1.29, 1.82) is 0 Å². The average Bonchev–Trinajstić information content (AvgIpc) is 3.18. The number of likely N-dealkylation sites (tertiary alicyclic amines) is 1. The van der Waals surface area contributed by atoms with E-state index in [1.54, 1.807) is 6.20 Å². The van der Waals surface area contributed by atoms with Crippen molar-refractivity contribution in [2.75, 3.05) is 18.4 Å². The summed E-state index contributed by atoms with van der Waals surface area (Å²) in [6.07, 6.45) is 9.28. The normalized spacial score (nSPS) is 22.7. The summed E-state index contributed by atoms with van der Waals surface area (Å²) in [7, 11) is 0. The van der Waals surface area contributed by atoms with E-state index >= 15 is 0 Å². The summed E-state index contributed by atoms with van der Waals surface area (Å²) in [5.41, 5.74) is 1.56. The highest BCUT2D eigenvalue weighted by Crippen LogP contribution is 2.35. The number of nitrogens with one attached hydrogen (secondary N) is 1. The minimum Gasteiger partial charge on any atom is -0.385 e. The summed E-state index contributed by atoms with van der Waals surface area (Å²) >= 11 is 0. The van der Waals surface area contributed by atoms with Crippen LogP contribution in [0.25, 0.3) is 0 Å². The molecule has 0 aromatic carbocycles. The smallest absolute Gasteiger partial charge is 0.272 e. The van der Waals surface area contributed by atoms with Crippen molar-refractivity contribution in [3.05, 3.63) is 24.0 Å². The molecule has 2 fully saturated rings. The molecule has 4 nitrogen and oxygen atoms in total. The third kappa shape index (κ3) is 3.04. The maximum atomic E-state index is 12.8. The molecule has 0 bridgehead atoms. The van der Waals surface area contributed by atoms with Crippen molar-refractivity contribution >= 4 is 11.6 Å². The van der Waals surface area contributed by atoms with Crippen molar-refractivity contribution in [2.45, 2.75) is 51.5 Å². The zero-order valence-electron chi connectivity index (χ0n) is 12.8. The molecule has 1 aliphatic carbocycles. The van der Waals surface area contributed by atoms with Crippen LogP contribution in [0, 0.1) is 5.92 Å². The monoisotopic (exact) mass is 287 g/mol. The molecule has 1 N–H and O–H groups in total. The van der Waals surface area contributed by atoms with Gasteiger partial charge in [-0.1, -0.05) is 12.8 Å². The van der Waals surface area contributed by atoms with E-state index in [0.29, 0.717) is 17.7 Å². The van der Waals surface area contributed by atoms with Crippen LogP contribution in [0.1, 0.15) is 55.9 Å². The standard InChI is InChI=1S/C17H25N3O/c1-2-18-14-9-10-19-15(12-14)17(21)20-11-5-8-16(20)13-6-3-4-7-13/h9-10,12-13,16H,2-8,11H2,1H3,(H,18,19). The van der Waals surface area contributed by atoms with Crippen molar-refractivity contribution < 1.29 is 4.79 Å². The first kappa shape index (κ1) is 14.4. The average molecular weight is 287 g/mol. The van der Waals surface area contributed by atoms with E-state index in [1.807, 2.05) is 12.1 Å². The molecule has 3 rings (SSSR count). The number of rotatable bonds is 4. The predicted molar refractivity (Wildman–Crippen MR) is 84.4 cm³/mol. The van der Waals surface area contributed by atoms with Gasteiger partial charge < -0.3 is 10.2 Å². The Hall–Kier alpha value is -1.58. The Bertz CT molecular complexity index is 497. The number of anilines is 1. The highest BCUT2D eigenvalue weighted by Gasteiger charge is 2.36. The van der Waals surface area contributed by atoms with Gasteiger partial charge in [0.25, 0.3) is 5.91 Å². The van der Waals surface area contributed by atoms with Crippen molar-refractivity contribution in [2.24, 2.45) is 5.92 Å². The third-order valence-corrected chi connectivity index (χ3v) is 4.86. The number of carbonyl (C=O) groups is 1. The number of carbonyl (C=O) groups excluding carboxylic acids is 1. The molecule has 114 valence electrons. The van der Waals surface area contributed by atoms with Gasteiger partial charge in [0, 0.05) is 31.0 Å². The fourth-order valence-corrected chi connectivity index (χ4v) is 3.89. The van der Waals surface area contributed by atoms with Crippen LogP contribution >= 0.6 is 0 Å². The second kappa shape index (κ2) is 6.46. The largest absolute Gasteiger partial charge is 0.385 e. The summed E-state index contributed by atoms with van der Waals surface area (Å²) in [5, 5.41) is 3.25. The fourth-order valence-electron chi connectivity index (χ4n) is 3.89. The maximum Gasteiger partial charge on any atom is 0.272 e. The van der Waals surface area contributed by atoms with Crippen LogP contribution in [0.2, 0.25) is 0 Å². The molecule has 21 heavy (non-hydrogen) atoms. The Balaban J connectivity index is 1.75. The molecule has 1 unspecified atom stereocenters. The second-order valence-corrected chi connectivity index (χ2v) is 6.21. The maximum absolute atomic E-state index is 12.8. The number of amides is 1. The zero-order chi connectivity index (χ0) is 14.7. The van der Waals surface area contributed by atoms with Gasteiger partial charge in [-0.2, -0.15) is 0 Å². The molecule has 2 aliphatic rings. The Morgan fingerprint density at radius 1 is 1.33 bits per heavy atom. The summed E-state index contributed by atoms with van der Waals surface area (Å²) in [6, 6.07) is 4.25. The van der Waals surface area contributed by atoms with Crippen LogP contribution in [0.4, 0.5) is 5.69 Å². The van der Waals surface area contributed by atoms with Gasteiger partial charge >= 0.3 is 0 Å². The SMILES string of the molecule is CCNc1ccnc(C(=O)N2CCCC2C2CCCC2)c1. The lowest BCUT2D eigenvalue weighted by atomic mass is 9.96. The highest BCUT2D eigenvalue weighted by molar-refractivity contribution is 5.93. The molecule has 1 saturated carbocycles. The molecule has 2 heterocycles. The van der Waals surface area contributed by atoms with Crippen LogP contribution in [-0.4, -0.2) is 34.9 Å². The predicted octanol–water partition coefficient (Wildman–Crippen LogP) is 3.31. The molecule has 1 aromatic rings. The number of hydrogen-bond acceptors (Lipinski definition) is 3. The molecule has 1 amide bonds. The summed E-state index contributed by atoms with van der Waals surface area (Å²) in [4.78, 5) is 19.2. The molecule has 0 radical (unpaired) electrons. The number of nitrogens with zero attached hydrogens (tertiary/aromatic N) is 2. The van der Waals surface area contributed by atoms with Crippen LogP contribution in [0.5, 0.6) is 0 Å². The molecular weight excluding hydrogens is 262 g/mol. The fraction of sp³-hybridized carbons (Fsp3) is 0.647. The molecule has 0 spiro atoms. The number of aromatic nitrogens is 1. The van der Waals surface area contributed by atoms with E-state index in [2.05, 4.69) is 22.1 Å². The molecule has 1 atom stereocenters. The van der Waals surface area contributed by atoms with E-state index in [0.717, 1.165) is 25.2 Å². The molecule has 1 aromatic heterocycles. The lowest BCUT2D eigenvalue weighted by molar-refractivity contribution is 0.0683. The van der Waals surface area contributed by atoms with Gasteiger partial charge in [0.05, 0.1) is 0 Å². The van der Waals surface area contributed by atoms with Gasteiger partial charge in [0.2, 0.25) is 0 Å². The van der Waals surface area contributed by atoms with E-state index in [9.17, 15) is 4.79 Å². The number of hydrogen-bond donors (Lipinski definition) is 1. The number of pyridine rings is 1. The first-order valence-corrected chi connectivity index (χ1v) is 8.30. The van der Waals surface area contributed by atoms with E-state index in [-0.39, 0.29) is 5.91 Å². The highest BCUT2D eigenvalue weighted by atomic mass is 16.2. The first-order chi connectivity index (χ1) is 10.3. The Morgan fingerprint density at radius 3 is 2.90 bits per heavy atom. The minimum absolute atomic E-state index is 0.115. The lowest BCUT2D eigenvalue weighted by Crippen LogP contribution is -2.39.